The van der Waals surface area contributed by atoms with Gasteiger partial charge in [-0.2, -0.15) is 0 Å². The normalized spacial score (nSPS) is 11.6. The van der Waals surface area contributed by atoms with E-state index in [0.29, 0.717) is 5.57 Å². The van der Waals surface area contributed by atoms with Gasteiger partial charge in [-0.3, -0.25) is 0 Å². The lowest BCUT2D eigenvalue weighted by Crippen LogP contribution is -2.18. The van der Waals surface area contributed by atoms with Gasteiger partial charge in [0, 0.05) is 10.6 Å². The summed E-state index contributed by atoms with van der Waals surface area (Å²) in [5.41, 5.74) is 1.33. The Hall–Kier alpha value is -2.07. The molecule has 1 aromatic heterocycles. The highest BCUT2D eigenvalue weighted by atomic mass is 32.1. The van der Waals surface area contributed by atoms with Crippen LogP contribution >= 0.6 is 11.3 Å². The van der Waals surface area contributed by atoms with Crippen LogP contribution in [0.2, 0.25) is 0 Å². The van der Waals surface area contributed by atoms with Gasteiger partial charge in [0.05, 0.1) is 18.7 Å². The molecule has 19 heavy (non-hydrogen) atoms. The van der Waals surface area contributed by atoms with Gasteiger partial charge >= 0.3 is 5.97 Å². The maximum atomic E-state index is 11.7. The van der Waals surface area contributed by atoms with Crippen molar-refractivity contribution < 1.29 is 9.53 Å². The summed E-state index contributed by atoms with van der Waals surface area (Å²) >= 11 is 1.58. The molecular weight excluding hydrogens is 258 g/mol. The fraction of sp³-hybridized carbons (Fsp3) is 0.133. The molecule has 1 atom stereocenters. The number of anilines is 1. The molecule has 0 unspecified atom stereocenters. The van der Waals surface area contributed by atoms with E-state index in [1.165, 1.54) is 7.11 Å². The van der Waals surface area contributed by atoms with Crippen molar-refractivity contribution in [3.05, 3.63) is 64.9 Å². The average molecular weight is 273 g/mol. The fourth-order valence-corrected chi connectivity index (χ4v) is 2.54. The van der Waals surface area contributed by atoms with Crippen molar-refractivity contribution in [3.8, 4) is 0 Å². The van der Waals surface area contributed by atoms with Crippen LogP contribution in [0.25, 0.3) is 0 Å². The molecule has 4 heteroatoms. The van der Waals surface area contributed by atoms with Gasteiger partial charge in [0.15, 0.2) is 0 Å². The number of ether oxygens (including phenoxy) is 1. The van der Waals surface area contributed by atoms with E-state index in [2.05, 4.69) is 11.9 Å². The van der Waals surface area contributed by atoms with Crippen molar-refractivity contribution in [2.24, 2.45) is 0 Å². The summed E-state index contributed by atoms with van der Waals surface area (Å²) in [5, 5.41) is 5.28. The highest BCUT2D eigenvalue weighted by Gasteiger charge is 2.22. The second-order valence-corrected chi connectivity index (χ2v) is 4.95. The predicted octanol–water partition coefficient (Wildman–Crippen LogP) is 3.63. The maximum absolute atomic E-state index is 11.7. The standard InChI is InChI=1S/C15H15NO2S/c1-11(15(17)18-2)14(13-9-6-10-19-13)16-12-7-4-3-5-8-12/h3-10,14,16H,1H2,2H3/t14-/m0/s1. The van der Waals surface area contributed by atoms with Crippen LogP contribution in [0.4, 0.5) is 5.69 Å². The van der Waals surface area contributed by atoms with E-state index in [1.807, 2.05) is 47.8 Å². The Bertz CT molecular complexity index is 549. The maximum Gasteiger partial charge on any atom is 0.335 e. The minimum atomic E-state index is -0.401. The van der Waals surface area contributed by atoms with E-state index < -0.39 is 5.97 Å². The third kappa shape index (κ3) is 3.23. The molecular formula is C15H15NO2S. The molecule has 3 nitrogen and oxygen atoms in total. The number of methoxy groups -OCH3 is 1. The van der Waals surface area contributed by atoms with Crippen molar-refractivity contribution in [1.82, 2.24) is 0 Å². The summed E-state index contributed by atoms with van der Waals surface area (Å²) in [6, 6.07) is 13.4. The monoisotopic (exact) mass is 273 g/mol. The summed E-state index contributed by atoms with van der Waals surface area (Å²) in [4.78, 5) is 12.7. The lowest BCUT2D eigenvalue weighted by Gasteiger charge is -2.19. The Kier molecular flexibility index (Phi) is 4.36. The number of esters is 1. The van der Waals surface area contributed by atoms with Crippen LogP contribution in [0.5, 0.6) is 0 Å². The van der Waals surface area contributed by atoms with Crippen LogP contribution in [0.1, 0.15) is 10.9 Å². The Labute approximate surface area is 116 Å². The number of hydrogen-bond donors (Lipinski definition) is 1. The molecule has 0 amide bonds. The van der Waals surface area contributed by atoms with Crippen molar-refractivity contribution in [3.63, 3.8) is 0 Å². The first-order valence-corrected chi connectivity index (χ1v) is 6.72. The molecule has 0 aliphatic carbocycles. The molecule has 0 aliphatic rings. The van der Waals surface area contributed by atoms with Crippen LogP contribution in [0.3, 0.4) is 0 Å². The molecule has 0 bridgehead atoms. The smallest absolute Gasteiger partial charge is 0.335 e. The summed E-state index contributed by atoms with van der Waals surface area (Å²) in [7, 11) is 1.36. The number of rotatable bonds is 5. The first-order chi connectivity index (χ1) is 9.22. The topological polar surface area (TPSA) is 38.3 Å². The van der Waals surface area contributed by atoms with Crippen LogP contribution in [-0.4, -0.2) is 13.1 Å². The zero-order valence-electron chi connectivity index (χ0n) is 10.6. The number of benzene rings is 1. The highest BCUT2D eigenvalue weighted by molar-refractivity contribution is 7.10. The highest BCUT2D eigenvalue weighted by Crippen LogP contribution is 2.29. The minimum Gasteiger partial charge on any atom is -0.466 e. The molecule has 0 aliphatic heterocycles. The van der Waals surface area contributed by atoms with E-state index >= 15 is 0 Å². The Morgan fingerprint density at radius 1 is 1.26 bits per heavy atom. The largest absolute Gasteiger partial charge is 0.466 e. The Morgan fingerprint density at radius 3 is 2.58 bits per heavy atom. The predicted molar refractivity (Wildman–Crippen MR) is 78.3 cm³/mol. The number of nitrogens with one attached hydrogen (secondary N) is 1. The number of carbonyl (C=O) groups excluding carboxylic acids is 1. The lowest BCUT2D eigenvalue weighted by atomic mass is 10.1. The van der Waals surface area contributed by atoms with Crippen molar-refractivity contribution in [2.45, 2.75) is 6.04 Å². The van der Waals surface area contributed by atoms with Crippen molar-refractivity contribution in [1.29, 1.82) is 0 Å². The second-order valence-electron chi connectivity index (χ2n) is 3.98. The molecule has 1 heterocycles. The third-order valence-corrected chi connectivity index (χ3v) is 3.65. The lowest BCUT2D eigenvalue weighted by molar-refractivity contribution is -0.136. The van der Waals surface area contributed by atoms with Gasteiger partial charge in [0.1, 0.15) is 0 Å². The molecule has 98 valence electrons. The summed E-state index contributed by atoms with van der Waals surface area (Å²) in [5.74, 6) is -0.401. The number of thiophene rings is 1. The van der Waals surface area contributed by atoms with Gasteiger partial charge in [-0.05, 0) is 23.6 Å². The quantitative estimate of drug-likeness (QED) is 0.668. The molecule has 0 saturated heterocycles. The number of para-hydroxylation sites is 1. The molecule has 2 rings (SSSR count). The van der Waals surface area contributed by atoms with Gasteiger partial charge in [-0.1, -0.05) is 30.8 Å². The van der Waals surface area contributed by atoms with Gasteiger partial charge in [0.25, 0.3) is 0 Å². The average Bonchev–Trinajstić information content (AvgIpc) is 2.98. The van der Waals surface area contributed by atoms with E-state index in [-0.39, 0.29) is 6.04 Å². The van der Waals surface area contributed by atoms with Crippen LogP contribution in [0, 0.1) is 0 Å². The summed E-state index contributed by atoms with van der Waals surface area (Å²) in [6.07, 6.45) is 0. The number of hydrogen-bond acceptors (Lipinski definition) is 4. The molecule has 0 radical (unpaired) electrons. The van der Waals surface area contributed by atoms with Crippen LogP contribution in [0.15, 0.2) is 60.0 Å². The summed E-state index contributed by atoms with van der Waals surface area (Å²) in [6.45, 7) is 3.85. The molecule has 0 saturated carbocycles. The molecule has 1 aromatic carbocycles. The molecule has 0 spiro atoms. The van der Waals surface area contributed by atoms with Gasteiger partial charge in [-0.25, -0.2) is 4.79 Å². The first kappa shape index (κ1) is 13.4. The van der Waals surface area contributed by atoms with Crippen molar-refractivity contribution >= 4 is 23.0 Å². The van der Waals surface area contributed by atoms with Crippen LogP contribution < -0.4 is 5.32 Å². The van der Waals surface area contributed by atoms with Gasteiger partial charge in [0.2, 0.25) is 0 Å². The van der Waals surface area contributed by atoms with E-state index in [4.69, 9.17) is 4.74 Å². The first-order valence-electron chi connectivity index (χ1n) is 5.84. The zero-order chi connectivity index (χ0) is 13.7. The van der Waals surface area contributed by atoms with E-state index in [0.717, 1.165) is 10.6 Å². The van der Waals surface area contributed by atoms with Crippen molar-refractivity contribution in [2.75, 3.05) is 12.4 Å². The Morgan fingerprint density at radius 2 is 2.00 bits per heavy atom. The molecule has 0 fully saturated rings. The second kappa shape index (κ2) is 6.20. The molecule has 1 N–H and O–H groups in total. The zero-order valence-corrected chi connectivity index (χ0v) is 11.4. The van der Waals surface area contributed by atoms with E-state index in [1.54, 1.807) is 11.3 Å². The third-order valence-electron chi connectivity index (χ3n) is 2.71. The van der Waals surface area contributed by atoms with Gasteiger partial charge < -0.3 is 10.1 Å². The van der Waals surface area contributed by atoms with Crippen LogP contribution in [-0.2, 0) is 9.53 Å². The molecule has 2 aromatic rings. The SMILES string of the molecule is C=C(C(=O)OC)[C@H](Nc1ccccc1)c1cccs1. The van der Waals surface area contributed by atoms with Gasteiger partial charge in [-0.15, -0.1) is 11.3 Å². The fourth-order valence-electron chi connectivity index (χ4n) is 1.74. The minimum absolute atomic E-state index is 0.269. The Balaban J connectivity index is 2.25. The van der Waals surface area contributed by atoms with E-state index in [9.17, 15) is 4.79 Å². The number of carbonyl (C=O) groups is 1. The summed E-state index contributed by atoms with van der Waals surface area (Å²) < 4.78 is 4.75.